The van der Waals surface area contributed by atoms with Gasteiger partial charge < -0.3 is 10.6 Å². The first-order chi connectivity index (χ1) is 5.20. The molecular formula is C7H13N3O. The fourth-order valence-electron chi connectivity index (χ4n) is 1.33. The van der Waals surface area contributed by atoms with Gasteiger partial charge in [-0.2, -0.15) is 4.99 Å². The van der Waals surface area contributed by atoms with Crippen molar-refractivity contribution in [2.75, 3.05) is 6.54 Å². The van der Waals surface area contributed by atoms with Crippen LogP contribution >= 0.6 is 0 Å². The van der Waals surface area contributed by atoms with Gasteiger partial charge in [-0.15, -0.1) is 0 Å². The number of hydrogen-bond acceptors (Lipinski definition) is 2. The summed E-state index contributed by atoms with van der Waals surface area (Å²) in [7, 11) is 0. The Morgan fingerprint density at radius 1 is 1.64 bits per heavy atom. The monoisotopic (exact) mass is 155 g/mol. The van der Waals surface area contributed by atoms with Crippen molar-refractivity contribution in [3.63, 3.8) is 0 Å². The van der Waals surface area contributed by atoms with Crippen molar-refractivity contribution in [2.45, 2.75) is 26.3 Å². The van der Waals surface area contributed by atoms with Crippen LogP contribution in [0, 0.1) is 0 Å². The van der Waals surface area contributed by atoms with Gasteiger partial charge in [0, 0.05) is 6.54 Å². The average Bonchev–Trinajstić information content (AvgIpc) is 2.24. The SMILES string of the molecule is CCC1C(N)=NC(=O)N1CC. The maximum Gasteiger partial charge on any atom is 0.345 e. The van der Waals surface area contributed by atoms with Gasteiger partial charge in [-0.1, -0.05) is 6.92 Å². The van der Waals surface area contributed by atoms with Crippen molar-refractivity contribution < 1.29 is 4.79 Å². The summed E-state index contributed by atoms with van der Waals surface area (Å²) in [4.78, 5) is 16.4. The van der Waals surface area contributed by atoms with Crippen LogP contribution in [-0.4, -0.2) is 29.4 Å². The molecule has 0 fully saturated rings. The Labute approximate surface area is 66.1 Å². The molecule has 0 aromatic carbocycles. The number of rotatable bonds is 2. The summed E-state index contributed by atoms with van der Waals surface area (Å²) >= 11 is 0. The molecule has 1 aliphatic rings. The molecule has 4 nitrogen and oxygen atoms in total. The molecule has 0 aliphatic carbocycles. The minimum atomic E-state index is -0.197. The van der Waals surface area contributed by atoms with Gasteiger partial charge in [0.05, 0.1) is 6.04 Å². The topological polar surface area (TPSA) is 58.7 Å². The van der Waals surface area contributed by atoms with E-state index in [1.807, 2.05) is 13.8 Å². The lowest BCUT2D eigenvalue weighted by molar-refractivity contribution is 0.208. The normalized spacial score (nSPS) is 24.2. The van der Waals surface area contributed by atoms with E-state index in [4.69, 9.17) is 5.73 Å². The Hall–Kier alpha value is -1.06. The second kappa shape index (κ2) is 2.90. The summed E-state index contributed by atoms with van der Waals surface area (Å²) in [6.45, 7) is 4.60. The molecule has 2 amide bonds. The average molecular weight is 155 g/mol. The first kappa shape index (κ1) is 8.04. The van der Waals surface area contributed by atoms with E-state index in [1.54, 1.807) is 4.90 Å². The lowest BCUT2D eigenvalue weighted by Crippen LogP contribution is -2.39. The fourth-order valence-corrected chi connectivity index (χ4v) is 1.33. The maximum absolute atomic E-state index is 11.0. The van der Waals surface area contributed by atoms with Crippen LogP contribution in [-0.2, 0) is 0 Å². The second-order valence-corrected chi connectivity index (χ2v) is 2.53. The molecule has 0 radical (unpaired) electrons. The molecule has 11 heavy (non-hydrogen) atoms. The summed E-state index contributed by atoms with van der Waals surface area (Å²) in [5, 5.41) is 0. The van der Waals surface area contributed by atoms with E-state index >= 15 is 0 Å². The molecule has 0 aromatic heterocycles. The molecule has 1 rings (SSSR count). The van der Waals surface area contributed by atoms with E-state index in [1.165, 1.54) is 0 Å². The third kappa shape index (κ3) is 1.20. The van der Waals surface area contributed by atoms with Crippen LogP contribution in [0.25, 0.3) is 0 Å². The highest BCUT2D eigenvalue weighted by atomic mass is 16.2. The third-order valence-corrected chi connectivity index (χ3v) is 1.92. The van der Waals surface area contributed by atoms with Crippen molar-refractivity contribution in [3.8, 4) is 0 Å². The van der Waals surface area contributed by atoms with Gasteiger partial charge in [0.25, 0.3) is 0 Å². The van der Waals surface area contributed by atoms with E-state index < -0.39 is 0 Å². The lowest BCUT2D eigenvalue weighted by Gasteiger charge is -2.20. The second-order valence-electron chi connectivity index (χ2n) is 2.53. The van der Waals surface area contributed by atoms with Crippen LogP contribution in [0.3, 0.4) is 0 Å². The van der Waals surface area contributed by atoms with E-state index in [-0.39, 0.29) is 12.1 Å². The molecule has 1 atom stereocenters. The number of carbonyl (C=O) groups excluding carboxylic acids is 1. The number of likely N-dealkylation sites (N-methyl/N-ethyl adjacent to an activating group) is 1. The van der Waals surface area contributed by atoms with Crippen LogP contribution in [0.2, 0.25) is 0 Å². The summed E-state index contributed by atoms with van der Waals surface area (Å²) in [5.41, 5.74) is 5.53. The number of aliphatic imine (C=N–C) groups is 1. The summed E-state index contributed by atoms with van der Waals surface area (Å²) in [6.07, 6.45) is 0.842. The number of amides is 2. The number of nitrogens with zero attached hydrogens (tertiary/aromatic N) is 2. The quantitative estimate of drug-likeness (QED) is 0.634. The molecule has 1 aliphatic heterocycles. The highest BCUT2D eigenvalue weighted by molar-refractivity contribution is 6.02. The van der Waals surface area contributed by atoms with Crippen LogP contribution in [0.1, 0.15) is 20.3 Å². The van der Waals surface area contributed by atoms with Gasteiger partial charge >= 0.3 is 6.03 Å². The smallest absolute Gasteiger partial charge is 0.345 e. The lowest BCUT2D eigenvalue weighted by atomic mass is 10.2. The zero-order valence-corrected chi connectivity index (χ0v) is 6.87. The number of nitrogens with two attached hydrogens (primary N) is 1. The standard InChI is InChI=1S/C7H13N3O/c1-3-5-6(8)9-7(11)10(5)4-2/h5H,3-4H2,1-2H3,(H2,8,9,11). The zero-order chi connectivity index (χ0) is 8.43. The van der Waals surface area contributed by atoms with Crippen molar-refractivity contribution in [2.24, 2.45) is 10.7 Å². The van der Waals surface area contributed by atoms with Gasteiger partial charge in [-0.25, -0.2) is 4.79 Å². The van der Waals surface area contributed by atoms with Crippen LogP contribution < -0.4 is 5.73 Å². The predicted molar refractivity (Wildman–Crippen MR) is 43.5 cm³/mol. The minimum Gasteiger partial charge on any atom is -0.385 e. The predicted octanol–water partition coefficient (Wildman–Crippen LogP) is 0.578. The van der Waals surface area contributed by atoms with E-state index in [0.717, 1.165) is 6.42 Å². The highest BCUT2D eigenvalue weighted by Gasteiger charge is 2.29. The first-order valence-corrected chi connectivity index (χ1v) is 3.85. The molecule has 0 bridgehead atoms. The third-order valence-electron chi connectivity index (χ3n) is 1.92. The van der Waals surface area contributed by atoms with Crippen LogP contribution in [0.5, 0.6) is 0 Å². The van der Waals surface area contributed by atoms with Crippen molar-refractivity contribution >= 4 is 11.9 Å². The molecule has 62 valence electrons. The Bertz CT molecular complexity index is 200. The zero-order valence-electron chi connectivity index (χ0n) is 6.87. The number of amidine groups is 1. The maximum atomic E-state index is 11.0. The van der Waals surface area contributed by atoms with Gasteiger partial charge in [0.15, 0.2) is 0 Å². The first-order valence-electron chi connectivity index (χ1n) is 3.85. The van der Waals surface area contributed by atoms with E-state index in [0.29, 0.717) is 12.4 Å². The largest absolute Gasteiger partial charge is 0.385 e. The van der Waals surface area contributed by atoms with Gasteiger partial charge in [-0.05, 0) is 13.3 Å². The molecule has 0 saturated heterocycles. The Morgan fingerprint density at radius 3 is 2.64 bits per heavy atom. The molecule has 2 N–H and O–H groups in total. The van der Waals surface area contributed by atoms with Gasteiger partial charge in [0.1, 0.15) is 5.84 Å². The Kier molecular flexibility index (Phi) is 2.12. The van der Waals surface area contributed by atoms with Crippen LogP contribution in [0.15, 0.2) is 4.99 Å². The molecule has 1 heterocycles. The summed E-state index contributed by atoms with van der Waals surface area (Å²) in [5.74, 6) is 0.458. The molecule has 0 spiro atoms. The number of carbonyl (C=O) groups is 1. The van der Waals surface area contributed by atoms with Crippen molar-refractivity contribution in [1.82, 2.24) is 4.90 Å². The van der Waals surface area contributed by atoms with Crippen molar-refractivity contribution in [1.29, 1.82) is 0 Å². The van der Waals surface area contributed by atoms with Gasteiger partial charge in [-0.3, -0.25) is 0 Å². The number of urea groups is 1. The molecular weight excluding hydrogens is 142 g/mol. The number of hydrogen-bond donors (Lipinski definition) is 1. The molecule has 0 aromatic rings. The minimum absolute atomic E-state index is 0.0347. The molecule has 0 saturated carbocycles. The highest BCUT2D eigenvalue weighted by Crippen LogP contribution is 2.12. The van der Waals surface area contributed by atoms with Crippen LogP contribution in [0.4, 0.5) is 4.79 Å². The Morgan fingerprint density at radius 2 is 2.27 bits per heavy atom. The van der Waals surface area contributed by atoms with E-state index in [9.17, 15) is 4.79 Å². The van der Waals surface area contributed by atoms with E-state index in [2.05, 4.69) is 4.99 Å². The molecule has 4 heteroatoms. The summed E-state index contributed by atoms with van der Waals surface area (Å²) in [6, 6.07) is -0.163. The van der Waals surface area contributed by atoms with Gasteiger partial charge in [0.2, 0.25) is 0 Å². The molecule has 1 unspecified atom stereocenters. The fraction of sp³-hybridized carbons (Fsp3) is 0.714. The Balaban J connectivity index is 2.77. The summed E-state index contributed by atoms with van der Waals surface area (Å²) < 4.78 is 0. The van der Waals surface area contributed by atoms with Crippen molar-refractivity contribution in [3.05, 3.63) is 0 Å².